The van der Waals surface area contributed by atoms with Crippen LogP contribution in [0.3, 0.4) is 0 Å². The smallest absolute Gasteiger partial charge is 0.194 e. The summed E-state index contributed by atoms with van der Waals surface area (Å²) >= 11 is 0. The Morgan fingerprint density at radius 2 is 2.08 bits per heavy atom. The van der Waals surface area contributed by atoms with E-state index in [1.807, 2.05) is 32.2 Å². The summed E-state index contributed by atoms with van der Waals surface area (Å²) in [4.78, 5) is 6.86. The summed E-state index contributed by atoms with van der Waals surface area (Å²) in [5, 5.41) is 3.34. The van der Waals surface area contributed by atoms with E-state index in [-0.39, 0.29) is 0 Å². The minimum Gasteiger partial charge on any atom is -0.493 e. The van der Waals surface area contributed by atoms with Gasteiger partial charge in [-0.2, -0.15) is 0 Å². The van der Waals surface area contributed by atoms with Gasteiger partial charge in [-0.1, -0.05) is 6.07 Å². The SMILES string of the molecule is CCNC(=NCc1ccc(OC)c(OCC)c1)N(C)CCOCC1CC1. The maximum absolute atomic E-state index is 5.73. The largest absolute Gasteiger partial charge is 0.493 e. The minimum atomic E-state index is 0.583. The number of hydrogen-bond acceptors (Lipinski definition) is 4. The number of hydrogen-bond donors (Lipinski definition) is 1. The summed E-state index contributed by atoms with van der Waals surface area (Å²) in [6.45, 7) is 8.52. The van der Waals surface area contributed by atoms with Gasteiger partial charge in [0.15, 0.2) is 17.5 Å². The molecule has 0 atom stereocenters. The molecule has 0 spiro atoms. The summed E-state index contributed by atoms with van der Waals surface area (Å²) in [6.07, 6.45) is 2.65. The van der Waals surface area contributed by atoms with Gasteiger partial charge in [-0.3, -0.25) is 0 Å². The van der Waals surface area contributed by atoms with Crippen molar-refractivity contribution < 1.29 is 14.2 Å². The molecule has 0 heterocycles. The first-order valence-electron chi connectivity index (χ1n) is 9.54. The lowest BCUT2D eigenvalue weighted by atomic mass is 10.2. The molecule has 1 aliphatic rings. The fourth-order valence-electron chi connectivity index (χ4n) is 2.57. The number of nitrogens with zero attached hydrogens (tertiary/aromatic N) is 2. The molecular weight excluding hydrogens is 330 g/mol. The maximum atomic E-state index is 5.73. The first-order valence-corrected chi connectivity index (χ1v) is 9.54. The zero-order valence-electron chi connectivity index (χ0n) is 16.6. The lowest BCUT2D eigenvalue weighted by Crippen LogP contribution is -2.40. The van der Waals surface area contributed by atoms with Crippen LogP contribution in [0, 0.1) is 5.92 Å². The van der Waals surface area contributed by atoms with Crippen LogP contribution in [-0.2, 0) is 11.3 Å². The van der Waals surface area contributed by atoms with Gasteiger partial charge < -0.3 is 24.4 Å². The lowest BCUT2D eigenvalue weighted by Gasteiger charge is -2.22. The number of benzene rings is 1. The highest BCUT2D eigenvalue weighted by molar-refractivity contribution is 5.79. The highest BCUT2D eigenvalue weighted by Crippen LogP contribution is 2.29. The Bertz CT molecular complexity index is 573. The molecule has 0 aromatic heterocycles. The van der Waals surface area contributed by atoms with Crippen LogP contribution in [0.25, 0.3) is 0 Å². The topological polar surface area (TPSA) is 55.3 Å². The van der Waals surface area contributed by atoms with E-state index in [0.29, 0.717) is 13.2 Å². The van der Waals surface area contributed by atoms with Crippen LogP contribution >= 0.6 is 0 Å². The van der Waals surface area contributed by atoms with Gasteiger partial charge in [0.25, 0.3) is 0 Å². The Hall–Kier alpha value is -1.95. The summed E-state index contributed by atoms with van der Waals surface area (Å²) in [5.41, 5.74) is 1.09. The standard InChI is InChI=1S/C20H33N3O3/c1-5-21-20(23(3)11-12-25-15-16-7-8-16)22-14-17-9-10-18(24-4)19(13-17)26-6-2/h9-10,13,16H,5-8,11-12,14-15H2,1-4H3,(H,21,22). The quantitative estimate of drug-likeness (QED) is 0.372. The van der Waals surface area contributed by atoms with Crippen LogP contribution in [0.4, 0.5) is 0 Å². The molecule has 0 bridgehead atoms. The van der Waals surface area contributed by atoms with Crippen LogP contribution in [-0.4, -0.2) is 57.9 Å². The molecule has 0 aliphatic heterocycles. The number of guanidine groups is 1. The van der Waals surface area contributed by atoms with E-state index in [2.05, 4.69) is 17.1 Å². The molecule has 1 aromatic rings. The molecule has 6 heteroatoms. The predicted molar refractivity (Wildman–Crippen MR) is 105 cm³/mol. The molecule has 0 amide bonds. The van der Waals surface area contributed by atoms with Crippen molar-refractivity contribution in [3.8, 4) is 11.5 Å². The van der Waals surface area contributed by atoms with Gasteiger partial charge in [0.05, 0.1) is 26.9 Å². The molecular formula is C20H33N3O3. The molecule has 0 unspecified atom stereocenters. The first kappa shape index (κ1) is 20.4. The van der Waals surface area contributed by atoms with E-state index in [9.17, 15) is 0 Å². The summed E-state index contributed by atoms with van der Waals surface area (Å²) in [7, 11) is 3.70. The molecule has 26 heavy (non-hydrogen) atoms. The van der Waals surface area contributed by atoms with Crippen molar-refractivity contribution in [2.45, 2.75) is 33.2 Å². The number of nitrogens with one attached hydrogen (secondary N) is 1. The van der Waals surface area contributed by atoms with Gasteiger partial charge >= 0.3 is 0 Å². The second-order valence-corrected chi connectivity index (χ2v) is 6.53. The third kappa shape index (κ3) is 6.75. The fourth-order valence-corrected chi connectivity index (χ4v) is 2.57. The fraction of sp³-hybridized carbons (Fsp3) is 0.650. The molecule has 1 aliphatic carbocycles. The van der Waals surface area contributed by atoms with Crippen molar-refractivity contribution in [3.63, 3.8) is 0 Å². The number of likely N-dealkylation sites (N-methyl/N-ethyl adjacent to an activating group) is 1. The Balaban J connectivity index is 1.92. The Morgan fingerprint density at radius 1 is 1.27 bits per heavy atom. The van der Waals surface area contributed by atoms with E-state index in [4.69, 9.17) is 19.2 Å². The number of ether oxygens (including phenoxy) is 3. The predicted octanol–water partition coefficient (Wildman–Crippen LogP) is 2.92. The molecule has 1 N–H and O–H groups in total. The second-order valence-electron chi connectivity index (χ2n) is 6.53. The molecule has 1 aromatic carbocycles. The van der Waals surface area contributed by atoms with Crippen molar-refractivity contribution in [1.82, 2.24) is 10.2 Å². The first-order chi connectivity index (χ1) is 12.7. The third-order valence-corrected chi connectivity index (χ3v) is 4.26. The minimum absolute atomic E-state index is 0.583. The summed E-state index contributed by atoms with van der Waals surface area (Å²) in [5.74, 6) is 3.19. The van der Waals surface area contributed by atoms with Gasteiger partial charge in [0.1, 0.15) is 0 Å². The van der Waals surface area contributed by atoms with Crippen LogP contribution < -0.4 is 14.8 Å². The highest BCUT2D eigenvalue weighted by Gasteiger charge is 2.21. The molecule has 1 saturated carbocycles. The Labute approximate surface area is 157 Å². The molecule has 146 valence electrons. The molecule has 2 rings (SSSR count). The van der Waals surface area contributed by atoms with E-state index < -0.39 is 0 Å². The van der Waals surface area contributed by atoms with Crippen LogP contribution in [0.5, 0.6) is 11.5 Å². The second kappa shape index (κ2) is 10.9. The normalized spacial score (nSPS) is 14.2. The van der Waals surface area contributed by atoms with Crippen molar-refractivity contribution >= 4 is 5.96 Å². The number of aliphatic imine (C=N–C) groups is 1. The van der Waals surface area contributed by atoms with Gasteiger partial charge in [-0.15, -0.1) is 0 Å². The molecule has 0 radical (unpaired) electrons. The van der Waals surface area contributed by atoms with Crippen molar-refractivity contribution in [1.29, 1.82) is 0 Å². The Kier molecular flexibility index (Phi) is 8.54. The van der Waals surface area contributed by atoms with Crippen LogP contribution in [0.1, 0.15) is 32.3 Å². The van der Waals surface area contributed by atoms with E-state index in [1.54, 1.807) is 7.11 Å². The summed E-state index contributed by atoms with van der Waals surface area (Å²) < 4.78 is 16.7. The van der Waals surface area contributed by atoms with Gasteiger partial charge in [-0.05, 0) is 50.3 Å². The zero-order chi connectivity index (χ0) is 18.8. The molecule has 6 nitrogen and oxygen atoms in total. The molecule has 0 saturated heterocycles. The van der Waals surface area contributed by atoms with Crippen molar-refractivity contribution in [3.05, 3.63) is 23.8 Å². The van der Waals surface area contributed by atoms with Crippen molar-refractivity contribution in [2.75, 3.05) is 47.1 Å². The van der Waals surface area contributed by atoms with E-state index >= 15 is 0 Å². The van der Waals surface area contributed by atoms with Crippen LogP contribution in [0.2, 0.25) is 0 Å². The van der Waals surface area contributed by atoms with Gasteiger partial charge in [-0.25, -0.2) is 4.99 Å². The monoisotopic (exact) mass is 363 g/mol. The number of methoxy groups -OCH3 is 1. The number of rotatable bonds is 11. The zero-order valence-corrected chi connectivity index (χ0v) is 16.6. The summed E-state index contributed by atoms with van der Waals surface area (Å²) in [6, 6.07) is 5.94. The van der Waals surface area contributed by atoms with Gasteiger partial charge in [0.2, 0.25) is 0 Å². The van der Waals surface area contributed by atoms with Gasteiger partial charge in [0, 0.05) is 26.7 Å². The molecule has 1 fully saturated rings. The Morgan fingerprint density at radius 3 is 2.73 bits per heavy atom. The maximum Gasteiger partial charge on any atom is 0.194 e. The highest BCUT2D eigenvalue weighted by atomic mass is 16.5. The third-order valence-electron chi connectivity index (χ3n) is 4.26. The van der Waals surface area contributed by atoms with Crippen LogP contribution in [0.15, 0.2) is 23.2 Å². The van der Waals surface area contributed by atoms with E-state index in [1.165, 1.54) is 12.8 Å². The average molecular weight is 364 g/mol. The van der Waals surface area contributed by atoms with E-state index in [0.717, 1.165) is 55.2 Å². The average Bonchev–Trinajstić information content (AvgIpc) is 3.47. The van der Waals surface area contributed by atoms with Crippen molar-refractivity contribution in [2.24, 2.45) is 10.9 Å². The lowest BCUT2D eigenvalue weighted by molar-refractivity contribution is 0.115.